The van der Waals surface area contributed by atoms with Gasteiger partial charge in [0.2, 0.25) is 0 Å². The molecule has 8 nitrogen and oxygen atoms in total. The summed E-state index contributed by atoms with van der Waals surface area (Å²) in [5.74, 6) is -4.37. The molecule has 0 spiro atoms. The Hall–Kier alpha value is -3.16. The first-order valence-electron chi connectivity index (χ1n) is 8.85. The minimum Gasteiger partial charge on any atom is -0.543 e. The summed E-state index contributed by atoms with van der Waals surface area (Å²) in [6.45, 7) is 2.25. The Kier molecular flexibility index (Phi) is 7.54. The largest absolute Gasteiger partial charge is 0.543 e. The van der Waals surface area contributed by atoms with E-state index < -0.39 is 11.9 Å². The van der Waals surface area contributed by atoms with Crippen molar-refractivity contribution in [3.05, 3.63) is 48.8 Å². The Labute approximate surface area is 156 Å². The molecule has 0 aliphatic carbocycles. The Morgan fingerprint density at radius 1 is 1.19 bits per heavy atom. The summed E-state index contributed by atoms with van der Waals surface area (Å²) in [4.78, 5) is 29.6. The van der Waals surface area contributed by atoms with Crippen LogP contribution in [0.4, 0.5) is 0 Å². The highest BCUT2D eigenvalue weighted by Gasteiger charge is 2.14. The number of aliphatic carboxylic acids is 2. The number of fused-ring (bicyclic) bond motifs is 1. The molecule has 27 heavy (non-hydrogen) atoms. The number of nitrogens with one attached hydrogen (secondary N) is 1. The van der Waals surface area contributed by atoms with Gasteiger partial charge in [-0.1, -0.05) is 38.7 Å². The first-order valence-corrected chi connectivity index (χ1v) is 8.85. The van der Waals surface area contributed by atoms with Crippen LogP contribution in [0.25, 0.3) is 11.0 Å². The van der Waals surface area contributed by atoms with Gasteiger partial charge in [0.15, 0.2) is 0 Å². The molecule has 0 fully saturated rings. The van der Waals surface area contributed by atoms with Crippen LogP contribution >= 0.6 is 0 Å². The number of aromatic nitrogens is 4. The van der Waals surface area contributed by atoms with Gasteiger partial charge in [-0.15, -0.1) is 0 Å². The minimum atomic E-state index is -2.19. The first kappa shape index (κ1) is 20.2. The second kappa shape index (κ2) is 10.1. The molecule has 144 valence electrons. The summed E-state index contributed by atoms with van der Waals surface area (Å²) in [7, 11) is 0. The van der Waals surface area contributed by atoms with Crippen molar-refractivity contribution < 1.29 is 19.8 Å². The maximum Gasteiger partial charge on any atom is 0.0951 e. The van der Waals surface area contributed by atoms with Crippen molar-refractivity contribution in [2.45, 2.75) is 45.1 Å². The average Bonchev–Trinajstić information content (AvgIpc) is 3.33. The van der Waals surface area contributed by atoms with Crippen LogP contribution in [0.3, 0.4) is 0 Å². The van der Waals surface area contributed by atoms with E-state index in [0.29, 0.717) is 6.04 Å². The van der Waals surface area contributed by atoms with Gasteiger partial charge in [0.25, 0.3) is 0 Å². The molecule has 3 aromatic rings. The van der Waals surface area contributed by atoms with Crippen LogP contribution in [0.15, 0.2) is 43.2 Å². The molecule has 2 aromatic heterocycles. The molecule has 1 unspecified atom stereocenters. The summed E-state index contributed by atoms with van der Waals surface area (Å²) in [6, 6.07) is 6.86. The lowest BCUT2D eigenvalue weighted by atomic mass is 9.99. The van der Waals surface area contributed by atoms with Gasteiger partial charge in [-0.3, -0.25) is 0 Å². The van der Waals surface area contributed by atoms with Crippen molar-refractivity contribution in [2.75, 3.05) is 0 Å². The van der Waals surface area contributed by atoms with Crippen LogP contribution in [-0.2, 0) is 9.59 Å². The highest BCUT2D eigenvalue weighted by molar-refractivity contribution is 6.25. The van der Waals surface area contributed by atoms with Gasteiger partial charge in [-0.05, 0) is 24.1 Å². The van der Waals surface area contributed by atoms with Crippen molar-refractivity contribution in [3.63, 3.8) is 0 Å². The van der Waals surface area contributed by atoms with Gasteiger partial charge in [0.1, 0.15) is 0 Å². The number of carbonyl (C=O) groups is 2. The number of rotatable bonds is 7. The van der Waals surface area contributed by atoms with Crippen LogP contribution in [0, 0.1) is 0 Å². The maximum atomic E-state index is 8.93. The van der Waals surface area contributed by atoms with Crippen molar-refractivity contribution in [1.29, 1.82) is 0 Å². The van der Waals surface area contributed by atoms with Gasteiger partial charge < -0.3 is 29.4 Å². The monoisotopic (exact) mass is 370 g/mol. The van der Waals surface area contributed by atoms with Gasteiger partial charge in [-0.25, -0.2) is 9.97 Å². The molecule has 1 N–H and O–H groups in total. The summed E-state index contributed by atoms with van der Waals surface area (Å²) < 4.78 is 2.21. The standard InChI is InChI=1S/C17H22N4.C2H2O4/c1-2-3-4-5-6-17(21-10-9-18-13-21)14-7-8-15-16(11-14)20-12-19-15;3-1(4)2(5)6/h7-13,17H,2-6H2,1H3,(H,19,20);(H,3,4)(H,5,6)/p-2. The zero-order valence-corrected chi connectivity index (χ0v) is 15.1. The third-order valence-electron chi connectivity index (χ3n) is 4.21. The van der Waals surface area contributed by atoms with E-state index in [1.165, 1.54) is 31.2 Å². The number of nitrogens with zero attached hydrogens (tertiary/aromatic N) is 3. The first-order chi connectivity index (χ1) is 13.0. The number of carboxylic acids is 2. The van der Waals surface area contributed by atoms with E-state index in [1.54, 1.807) is 6.33 Å². The molecule has 0 amide bonds. The fraction of sp³-hybridized carbons (Fsp3) is 0.368. The van der Waals surface area contributed by atoms with Crippen molar-refractivity contribution in [2.24, 2.45) is 0 Å². The Balaban J connectivity index is 0.000000380. The number of hydrogen-bond acceptors (Lipinski definition) is 6. The summed E-state index contributed by atoms with van der Waals surface area (Å²) in [5, 5.41) is 17.9. The highest BCUT2D eigenvalue weighted by atomic mass is 16.4. The van der Waals surface area contributed by atoms with Crippen LogP contribution in [0.2, 0.25) is 0 Å². The van der Waals surface area contributed by atoms with E-state index in [2.05, 4.69) is 50.8 Å². The number of unbranched alkanes of at least 4 members (excludes halogenated alkanes) is 3. The van der Waals surface area contributed by atoms with Crippen molar-refractivity contribution >= 4 is 23.0 Å². The van der Waals surface area contributed by atoms with Gasteiger partial charge in [0.05, 0.1) is 41.7 Å². The smallest absolute Gasteiger partial charge is 0.0951 e. The van der Waals surface area contributed by atoms with E-state index in [9.17, 15) is 0 Å². The van der Waals surface area contributed by atoms with E-state index in [0.717, 1.165) is 17.5 Å². The average molecular weight is 370 g/mol. The molecular weight excluding hydrogens is 348 g/mol. The predicted octanol–water partition coefficient (Wildman–Crippen LogP) is 0.805. The Bertz CT molecular complexity index is 846. The number of carboxylic acid groups (broad SMARTS) is 2. The lowest BCUT2D eigenvalue weighted by molar-refractivity contribution is -0.345. The Morgan fingerprint density at radius 3 is 2.59 bits per heavy atom. The second-order valence-electron chi connectivity index (χ2n) is 6.13. The Morgan fingerprint density at radius 2 is 1.96 bits per heavy atom. The van der Waals surface area contributed by atoms with E-state index in [1.807, 2.05) is 12.5 Å². The lowest BCUT2D eigenvalue weighted by Crippen LogP contribution is -2.42. The van der Waals surface area contributed by atoms with Gasteiger partial charge in [0, 0.05) is 12.4 Å². The molecule has 0 aliphatic heterocycles. The third kappa shape index (κ3) is 5.95. The molecule has 8 heteroatoms. The number of imidazole rings is 2. The number of hydrogen-bond donors (Lipinski definition) is 1. The normalized spacial score (nSPS) is 11.6. The molecule has 3 rings (SSSR count). The summed E-state index contributed by atoms with van der Waals surface area (Å²) >= 11 is 0. The molecule has 0 saturated heterocycles. The molecule has 0 bridgehead atoms. The molecule has 1 aromatic carbocycles. The second-order valence-corrected chi connectivity index (χ2v) is 6.13. The molecule has 0 saturated carbocycles. The third-order valence-corrected chi connectivity index (χ3v) is 4.21. The fourth-order valence-corrected chi connectivity index (χ4v) is 2.87. The van der Waals surface area contributed by atoms with Crippen LogP contribution < -0.4 is 10.2 Å². The molecule has 0 radical (unpaired) electrons. The van der Waals surface area contributed by atoms with Crippen LogP contribution in [0.1, 0.15) is 50.6 Å². The SMILES string of the molecule is CCCCCCC(c1ccc2nc[nH]c2c1)n1ccnc1.O=C([O-])C(=O)[O-]. The van der Waals surface area contributed by atoms with Crippen LogP contribution in [0.5, 0.6) is 0 Å². The van der Waals surface area contributed by atoms with Gasteiger partial charge in [-0.2, -0.15) is 0 Å². The minimum absolute atomic E-state index is 0.358. The number of aromatic amines is 1. The van der Waals surface area contributed by atoms with Crippen LogP contribution in [-0.4, -0.2) is 31.5 Å². The lowest BCUT2D eigenvalue weighted by Gasteiger charge is -2.19. The highest BCUT2D eigenvalue weighted by Crippen LogP contribution is 2.26. The molecular formula is C19H22N4O4-2. The molecule has 0 aliphatic rings. The quantitative estimate of drug-likeness (QED) is 0.484. The predicted molar refractivity (Wildman–Crippen MR) is 95.2 cm³/mol. The van der Waals surface area contributed by atoms with Gasteiger partial charge >= 0.3 is 0 Å². The number of carbonyl (C=O) groups excluding carboxylic acids is 2. The van der Waals surface area contributed by atoms with E-state index in [-0.39, 0.29) is 0 Å². The number of benzene rings is 1. The maximum absolute atomic E-state index is 8.93. The fourth-order valence-electron chi connectivity index (χ4n) is 2.87. The zero-order chi connectivity index (χ0) is 19.6. The number of H-pyrrole nitrogens is 1. The summed E-state index contributed by atoms with van der Waals surface area (Å²) in [6.07, 6.45) is 13.9. The summed E-state index contributed by atoms with van der Waals surface area (Å²) in [5.41, 5.74) is 3.45. The van der Waals surface area contributed by atoms with Crippen molar-refractivity contribution in [3.8, 4) is 0 Å². The topological polar surface area (TPSA) is 127 Å². The molecule has 1 atom stereocenters. The van der Waals surface area contributed by atoms with E-state index in [4.69, 9.17) is 19.8 Å². The molecule has 2 heterocycles. The zero-order valence-electron chi connectivity index (χ0n) is 15.1. The van der Waals surface area contributed by atoms with Crippen molar-refractivity contribution in [1.82, 2.24) is 19.5 Å². The van der Waals surface area contributed by atoms with E-state index >= 15 is 0 Å².